The minimum absolute atomic E-state index is 0. The largest absolute Gasteiger partial charge is 1.00 e. The molecule has 0 saturated carbocycles. The van der Waals surface area contributed by atoms with Gasteiger partial charge in [0, 0.05) is 0 Å². The Labute approximate surface area is 122 Å². The van der Waals surface area contributed by atoms with E-state index in [1.807, 2.05) is 24.3 Å². The second kappa shape index (κ2) is 6.36. The zero-order valence-corrected chi connectivity index (χ0v) is 11.8. The van der Waals surface area contributed by atoms with Gasteiger partial charge >= 0.3 is 29.6 Å². The number of carbonyl (C=O) groups is 1. The van der Waals surface area contributed by atoms with Gasteiger partial charge in [0.2, 0.25) is 0 Å². The normalized spacial score (nSPS) is 21.2. The Morgan fingerprint density at radius 1 is 1.35 bits per heavy atom. The Morgan fingerprint density at radius 3 is 2.76 bits per heavy atom. The summed E-state index contributed by atoms with van der Waals surface area (Å²) in [5, 5.41) is 20.6. The zero-order valence-electron chi connectivity index (χ0n) is 9.85. The summed E-state index contributed by atoms with van der Waals surface area (Å²) in [5.74, 6) is -1.24. The summed E-state index contributed by atoms with van der Waals surface area (Å²) in [6.07, 6.45) is 2.54. The third kappa shape index (κ3) is 3.42. The number of rotatable bonds is 1. The molecule has 1 aromatic carbocycles. The summed E-state index contributed by atoms with van der Waals surface area (Å²) in [5.41, 5.74) is 2.44. The van der Waals surface area contributed by atoms with Gasteiger partial charge in [-0.3, -0.25) is 0 Å². The van der Waals surface area contributed by atoms with Crippen LogP contribution in [0.5, 0.6) is 0 Å². The average Bonchev–Trinajstić information content (AvgIpc) is 2.40. The number of benzene rings is 1. The fraction of sp³-hybridized carbons (Fsp3) is 0.308. The maximum atomic E-state index is 10.5. The SMILES string of the molecule is O=C([O-])/C=C1/CCCc2ccccc2[C@@H]1O.[Na+]. The molecule has 0 saturated heterocycles. The second-order valence-electron chi connectivity index (χ2n) is 3.99. The number of aliphatic hydroxyl groups excluding tert-OH is 1. The van der Waals surface area contributed by atoms with E-state index in [-0.39, 0.29) is 29.6 Å². The molecule has 84 valence electrons. The molecule has 2 rings (SSSR count). The standard InChI is InChI=1S/C13H14O3.Na/c14-12(15)8-10-6-3-5-9-4-1-2-7-11(9)13(10)16;/h1-2,4,7-8,13,16H,3,5-6H2,(H,14,15);/q;+1/p-1/b10-8-;/t13-;/m1./s1. The zero-order chi connectivity index (χ0) is 11.5. The van der Waals surface area contributed by atoms with E-state index in [2.05, 4.69) is 0 Å². The maximum absolute atomic E-state index is 10.5. The van der Waals surface area contributed by atoms with Crippen LogP contribution in [-0.2, 0) is 11.2 Å². The minimum atomic E-state index is -1.24. The number of aliphatic hydroxyl groups is 1. The molecule has 0 aliphatic heterocycles. The molecule has 0 radical (unpaired) electrons. The molecule has 1 atom stereocenters. The molecule has 0 amide bonds. The van der Waals surface area contributed by atoms with Crippen LogP contribution in [0.2, 0.25) is 0 Å². The van der Waals surface area contributed by atoms with Crippen molar-refractivity contribution >= 4 is 5.97 Å². The van der Waals surface area contributed by atoms with E-state index in [4.69, 9.17) is 0 Å². The fourth-order valence-electron chi connectivity index (χ4n) is 2.15. The van der Waals surface area contributed by atoms with Crippen LogP contribution < -0.4 is 34.7 Å². The van der Waals surface area contributed by atoms with Crippen molar-refractivity contribution in [2.75, 3.05) is 0 Å². The number of aliphatic carboxylic acids is 1. The van der Waals surface area contributed by atoms with E-state index >= 15 is 0 Å². The van der Waals surface area contributed by atoms with Gasteiger partial charge in [-0.05, 0) is 42.0 Å². The number of fused-ring (bicyclic) bond motifs is 1. The molecule has 0 spiro atoms. The van der Waals surface area contributed by atoms with Crippen LogP contribution in [0.1, 0.15) is 30.1 Å². The Hall–Kier alpha value is -0.610. The Morgan fingerprint density at radius 2 is 2.06 bits per heavy atom. The van der Waals surface area contributed by atoms with Crippen molar-refractivity contribution < 1.29 is 44.6 Å². The summed E-state index contributed by atoms with van der Waals surface area (Å²) in [4.78, 5) is 10.5. The van der Waals surface area contributed by atoms with Gasteiger partial charge in [0.15, 0.2) is 0 Å². The van der Waals surface area contributed by atoms with E-state index in [1.165, 1.54) is 0 Å². The Bertz CT molecular complexity index is 440. The van der Waals surface area contributed by atoms with Crippen molar-refractivity contribution in [1.29, 1.82) is 0 Å². The molecule has 0 aromatic heterocycles. The van der Waals surface area contributed by atoms with Crippen molar-refractivity contribution in [3.8, 4) is 0 Å². The van der Waals surface area contributed by atoms with Crippen LogP contribution in [0.3, 0.4) is 0 Å². The van der Waals surface area contributed by atoms with E-state index in [0.29, 0.717) is 12.0 Å². The molecule has 17 heavy (non-hydrogen) atoms. The second-order valence-corrected chi connectivity index (χ2v) is 3.99. The van der Waals surface area contributed by atoms with Crippen LogP contribution in [0.4, 0.5) is 0 Å². The predicted molar refractivity (Wildman–Crippen MR) is 57.4 cm³/mol. The van der Waals surface area contributed by atoms with E-state index < -0.39 is 12.1 Å². The summed E-state index contributed by atoms with van der Waals surface area (Å²) in [6.45, 7) is 0. The molecular weight excluding hydrogens is 227 g/mol. The van der Waals surface area contributed by atoms with Crippen molar-refractivity contribution in [3.05, 3.63) is 47.0 Å². The van der Waals surface area contributed by atoms with Crippen LogP contribution in [0.15, 0.2) is 35.9 Å². The molecule has 4 heteroatoms. The summed E-state index contributed by atoms with van der Waals surface area (Å²) in [7, 11) is 0. The van der Waals surface area contributed by atoms with Crippen molar-refractivity contribution in [1.82, 2.24) is 0 Å². The predicted octanol–water partition coefficient (Wildman–Crippen LogP) is -2.26. The molecule has 0 heterocycles. The van der Waals surface area contributed by atoms with Crippen LogP contribution >= 0.6 is 0 Å². The third-order valence-corrected chi connectivity index (χ3v) is 2.92. The first kappa shape index (κ1) is 14.5. The molecule has 0 unspecified atom stereocenters. The molecular formula is C13H13NaO3. The molecule has 1 N–H and O–H groups in total. The van der Waals surface area contributed by atoms with Gasteiger partial charge < -0.3 is 15.0 Å². The summed E-state index contributed by atoms with van der Waals surface area (Å²) in [6, 6.07) is 7.60. The smallest absolute Gasteiger partial charge is 0.545 e. The number of aryl methyl sites for hydroxylation is 1. The van der Waals surface area contributed by atoms with Gasteiger partial charge in [0.05, 0.1) is 5.97 Å². The average molecular weight is 240 g/mol. The maximum Gasteiger partial charge on any atom is 1.00 e. The van der Waals surface area contributed by atoms with Crippen LogP contribution in [0, 0.1) is 0 Å². The van der Waals surface area contributed by atoms with Crippen molar-refractivity contribution in [2.24, 2.45) is 0 Å². The quantitative estimate of drug-likeness (QED) is 0.342. The third-order valence-electron chi connectivity index (χ3n) is 2.92. The molecule has 1 aromatic rings. The number of carbonyl (C=O) groups excluding carboxylic acids is 1. The topological polar surface area (TPSA) is 60.4 Å². The number of hydrogen-bond acceptors (Lipinski definition) is 3. The minimum Gasteiger partial charge on any atom is -0.545 e. The van der Waals surface area contributed by atoms with E-state index in [0.717, 1.165) is 30.0 Å². The number of hydrogen-bond donors (Lipinski definition) is 1. The Balaban J connectivity index is 0.00000144. The van der Waals surface area contributed by atoms with E-state index in [9.17, 15) is 15.0 Å². The molecule has 1 aliphatic carbocycles. The first-order valence-electron chi connectivity index (χ1n) is 5.36. The van der Waals surface area contributed by atoms with Gasteiger partial charge in [-0.15, -0.1) is 0 Å². The van der Waals surface area contributed by atoms with Crippen LogP contribution in [-0.4, -0.2) is 11.1 Å². The van der Waals surface area contributed by atoms with E-state index in [1.54, 1.807) is 0 Å². The molecule has 0 fully saturated rings. The first-order valence-corrected chi connectivity index (χ1v) is 5.36. The number of carboxylic acids is 1. The monoisotopic (exact) mass is 240 g/mol. The van der Waals surface area contributed by atoms with Gasteiger partial charge in [-0.2, -0.15) is 0 Å². The molecule has 0 bridgehead atoms. The Kier molecular flexibility index (Phi) is 5.40. The van der Waals surface area contributed by atoms with Gasteiger partial charge in [-0.25, -0.2) is 0 Å². The summed E-state index contributed by atoms with van der Waals surface area (Å²) >= 11 is 0. The molecule has 1 aliphatic rings. The van der Waals surface area contributed by atoms with Gasteiger partial charge in [-0.1, -0.05) is 24.3 Å². The first-order chi connectivity index (χ1) is 7.68. The van der Waals surface area contributed by atoms with Crippen molar-refractivity contribution in [3.63, 3.8) is 0 Å². The van der Waals surface area contributed by atoms with Crippen molar-refractivity contribution in [2.45, 2.75) is 25.4 Å². The van der Waals surface area contributed by atoms with Gasteiger partial charge in [0.25, 0.3) is 0 Å². The molecule has 3 nitrogen and oxygen atoms in total. The van der Waals surface area contributed by atoms with Gasteiger partial charge in [0.1, 0.15) is 6.10 Å². The summed E-state index contributed by atoms with van der Waals surface area (Å²) < 4.78 is 0. The fourth-order valence-corrected chi connectivity index (χ4v) is 2.15. The number of carboxylic acid groups (broad SMARTS) is 1. The van der Waals surface area contributed by atoms with Crippen LogP contribution in [0.25, 0.3) is 0 Å².